The van der Waals surface area contributed by atoms with E-state index in [9.17, 15) is 4.79 Å². The molecule has 0 unspecified atom stereocenters. The Labute approximate surface area is 184 Å². The first-order chi connectivity index (χ1) is 14.6. The maximum Gasteiger partial charge on any atom is 0.273 e. The number of hydrogen-bond acceptors (Lipinski definition) is 5. The lowest BCUT2D eigenvalue weighted by Crippen LogP contribution is -2.50. The summed E-state index contributed by atoms with van der Waals surface area (Å²) >= 11 is 1.57. The number of nitrogens with zero attached hydrogens (tertiary/aromatic N) is 3. The van der Waals surface area contributed by atoms with E-state index >= 15 is 0 Å². The van der Waals surface area contributed by atoms with Crippen molar-refractivity contribution in [3.05, 3.63) is 46.5 Å². The molecule has 162 valence electrons. The van der Waals surface area contributed by atoms with Crippen molar-refractivity contribution in [2.24, 2.45) is 0 Å². The van der Waals surface area contributed by atoms with E-state index in [2.05, 4.69) is 46.8 Å². The third-order valence-corrected chi connectivity index (χ3v) is 7.35. The molecule has 0 aliphatic carbocycles. The van der Waals surface area contributed by atoms with Crippen molar-refractivity contribution in [2.75, 3.05) is 26.2 Å². The second-order valence-corrected chi connectivity index (χ2v) is 9.54. The van der Waals surface area contributed by atoms with E-state index in [1.54, 1.807) is 17.5 Å². The number of likely N-dealkylation sites (tertiary alicyclic amines) is 2. The third kappa shape index (κ3) is 5.41. The largest absolute Gasteiger partial charge is 0.467 e. The van der Waals surface area contributed by atoms with Crippen LogP contribution >= 0.6 is 11.3 Å². The minimum Gasteiger partial charge on any atom is -0.467 e. The number of rotatable bonds is 6. The molecule has 30 heavy (non-hydrogen) atoms. The highest BCUT2D eigenvalue weighted by molar-refractivity contribution is 7.11. The van der Waals surface area contributed by atoms with E-state index < -0.39 is 0 Å². The molecule has 1 aromatic heterocycles. The van der Waals surface area contributed by atoms with Crippen LogP contribution in [0.4, 0.5) is 0 Å². The summed E-state index contributed by atoms with van der Waals surface area (Å²) in [4.78, 5) is 21.6. The van der Waals surface area contributed by atoms with Crippen LogP contribution in [0.15, 0.2) is 29.8 Å². The molecule has 0 radical (unpaired) electrons. The molecule has 2 aliphatic rings. The minimum absolute atomic E-state index is 0.291. The SMILES string of the molecule is Cc1ccc(CCC(=O)N2CCC(N3CCC(Oc4nccs4)CC3)CC2)cc1C. The molecule has 1 aromatic carbocycles. The Balaban J connectivity index is 1.17. The quantitative estimate of drug-likeness (QED) is 0.692. The van der Waals surface area contributed by atoms with E-state index in [1.165, 1.54) is 16.7 Å². The number of hydrogen-bond donors (Lipinski definition) is 0. The summed E-state index contributed by atoms with van der Waals surface area (Å²) in [7, 11) is 0. The molecule has 2 aliphatic heterocycles. The average Bonchev–Trinajstić information content (AvgIpc) is 3.28. The van der Waals surface area contributed by atoms with Crippen LogP contribution in [0.2, 0.25) is 0 Å². The summed E-state index contributed by atoms with van der Waals surface area (Å²) in [6.45, 7) is 8.23. The fourth-order valence-electron chi connectivity index (χ4n) is 4.62. The summed E-state index contributed by atoms with van der Waals surface area (Å²) in [5.74, 6) is 0.308. The molecule has 0 spiro atoms. The predicted octanol–water partition coefficient (Wildman–Crippen LogP) is 4.23. The molecule has 5 nitrogen and oxygen atoms in total. The molecule has 3 heterocycles. The smallest absolute Gasteiger partial charge is 0.273 e. The third-order valence-electron chi connectivity index (χ3n) is 6.69. The molecule has 2 fully saturated rings. The molecular formula is C24H33N3O2S. The molecule has 0 atom stereocenters. The van der Waals surface area contributed by atoms with Crippen LogP contribution in [0.5, 0.6) is 5.19 Å². The Morgan fingerprint density at radius 3 is 2.53 bits per heavy atom. The van der Waals surface area contributed by atoms with Gasteiger partial charge in [0, 0.05) is 50.2 Å². The van der Waals surface area contributed by atoms with Crippen LogP contribution in [0.25, 0.3) is 0 Å². The lowest BCUT2D eigenvalue weighted by molar-refractivity contribution is -0.132. The van der Waals surface area contributed by atoms with Crippen LogP contribution in [-0.4, -0.2) is 59.0 Å². The van der Waals surface area contributed by atoms with E-state index in [4.69, 9.17) is 4.74 Å². The lowest BCUT2D eigenvalue weighted by Gasteiger charge is -2.41. The first-order valence-electron chi connectivity index (χ1n) is 11.2. The predicted molar refractivity (Wildman–Crippen MR) is 121 cm³/mol. The van der Waals surface area contributed by atoms with Crippen LogP contribution < -0.4 is 4.74 Å². The Hall–Kier alpha value is -1.92. The average molecular weight is 428 g/mol. The second-order valence-electron chi connectivity index (χ2n) is 8.68. The van der Waals surface area contributed by atoms with Gasteiger partial charge in [0.05, 0.1) is 0 Å². The maximum absolute atomic E-state index is 12.7. The topological polar surface area (TPSA) is 45.7 Å². The zero-order valence-corrected chi connectivity index (χ0v) is 19.0. The zero-order valence-electron chi connectivity index (χ0n) is 18.2. The standard InChI is InChI=1S/C24H33N3O2S/c1-18-3-4-20(17-19(18)2)5-6-23(28)27-12-7-21(8-13-27)26-14-9-22(10-15-26)29-24-25-11-16-30-24/h3-4,11,16-17,21-22H,5-10,12-15H2,1-2H3. The molecule has 0 bridgehead atoms. The van der Waals surface area contributed by atoms with Gasteiger partial charge < -0.3 is 9.64 Å². The summed E-state index contributed by atoms with van der Waals surface area (Å²) in [6, 6.07) is 7.14. The van der Waals surface area contributed by atoms with Gasteiger partial charge >= 0.3 is 0 Å². The van der Waals surface area contributed by atoms with Gasteiger partial charge in [-0.15, -0.1) is 0 Å². The highest BCUT2D eigenvalue weighted by atomic mass is 32.1. The highest BCUT2D eigenvalue weighted by Gasteiger charge is 2.30. The van der Waals surface area contributed by atoms with Gasteiger partial charge in [-0.2, -0.15) is 0 Å². The summed E-state index contributed by atoms with van der Waals surface area (Å²) < 4.78 is 5.98. The van der Waals surface area contributed by atoms with Gasteiger partial charge in [0.25, 0.3) is 5.19 Å². The van der Waals surface area contributed by atoms with Crippen LogP contribution in [0.1, 0.15) is 48.8 Å². The first-order valence-corrected chi connectivity index (χ1v) is 12.1. The molecule has 2 saturated heterocycles. The number of carbonyl (C=O) groups is 1. The Morgan fingerprint density at radius 2 is 1.87 bits per heavy atom. The molecule has 0 saturated carbocycles. The van der Waals surface area contributed by atoms with Gasteiger partial charge in [-0.05, 0) is 62.6 Å². The van der Waals surface area contributed by atoms with Gasteiger partial charge in [-0.25, -0.2) is 4.98 Å². The summed E-state index contributed by atoms with van der Waals surface area (Å²) in [5.41, 5.74) is 3.89. The first kappa shape index (κ1) is 21.3. The van der Waals surface area contributed by atoms with Crippen molar-refractivity contribution in [1.82, 2.24) is 14.8 Å². The van der Waals surface area contributed by atoms with Crippen LogP contribution in [0.3, 0.4) is 0 Å². The molecule has 2 aromatic rings. The number of aromatic nitrogens is 1. The normalized spacial score (nSPS) is 19.2. The molecule has 6 heteroatoms. The fraction of sp³-hybridized carbons (Fsp3) is 0.583. The number of benzene rings is 1. The van der Waals surface area contributed by atoms with Crippen molar-refractivity contribution in [3.63, 3.8) is 0 Å². The van der Waals surface area contributed by atoms with Gasteiger partial charge in [0.2, 0.25) is 5.91 Å². The van der Waals surface area contributed by atoms with Crippen molar-refractivity contribution in [2.45, 2.75) is 64.5 Å². The van der Waals surface area contributed by atoms with Gasteiger partial charge in [0.15, 0.2) is 0 Å². The lowest BCUT2D eigenvalue weighted by atomic mass is 9.98. The number of thiazole rings is 1. The number of amides is 1. The monoisotopic (exact) mass is 427 g/mol. The van der Waals surface area contributed by atoms with E-state index in [1.807, 2.05) is 5.38 Å². The fourth-order valence-corrected chi connectivity index (χ4v) is 5.17. The molecule has 0 N–H and O–H groups in total. The van der Waals surface area contributed by atoms with Gasteiger partial charge in [0.1, 0.15) is 6.10 Å². The highest BCUT2D eigenvalue weighted by Crippen LogP contribution is 2.25. The maximum atomic E-state index is 12.7. The van der Waals surface area contributed by atoms with Gasteiger partial charge in [-0.3, -0.25) is 9.69 Å². The molecular weight excluding hydrogens is 394 g/mol. The van der Waals surface area contributed by atoms with Crippen molar-refractivity contribution < 1.29 is 9.53 Å². The van der Waals surface area contributed by atoms with Crippen molar-refractivity contribution in [1.29, 1.82) is 0 Å². The minimum atomic E-state index is 0.291. The Bertz CT molecular complexity index is 823. The summed E-state index contributed by atoms with van der Waals surface area (Å²) in [5, 5.41) is 2.75. The Kier molecular flexibility index (Phi) is 7.05. The van der Waals surface area contributed by atoms with Crippen molar-refractivity contribution >= 4 is 17.2 Å². The van der Waals surface area contributed by atoms with E-state index in [0.29, 0.717) is 24.5 Å². The van der Waals surface area contributed by atoms with Crippen LogP contribution in [0, 0.1) is 13.8 Å². The number of ether oxygens (including phenoxy) is 1. The van der Waals surface area contributed by atoms with Gasteiger partial charge in [-0.1, -0.05) is 29.5 Å². The Morgan fingerprint density at radius 1 is 1.10 bits per heavy atom. The summed E-state index contributed by atoms with van der Waals surface area (Å²) in [6.07, 6.45) is 7.86. The number of carbonyl (C=O) groups excluding carboxylic acids is 1. The van der Waals surface area contributed by atoms with E-state index in [-0.39, 0.29) is 0 Å². The number of aryl methyl sites for hydroxylation is 3. The van der Waals surface area contributed by atoms with Crippen LogP contribution in [-0.2, 0) is 11.2 Å². The molecule has 1 amide bonds. The van der Waals surface area contributed by atoms with Crippen molar-refractivity contribution in [3.8, 4) is 5.19 Å². The zero-order chi connectivity index (χ0) is 20.9. The van der Waals surface area contributed by atoms with E-state index in [0.717, 1.165) is 63.5 Å². The molecule has 4 rings (SSSR count). The second kappa shape index (κ2) is 9.92. The number of piperidine rings is 2.